The van der Waals surface area contributed by atoms with Gasteiger partial charge in [0.15, 0.2) is 0 Å². The molecule has 1 aromatic rings. The zero-order valence-electron chi connectivity index (χ0n) is 13.9. The lowest BCUT2D eigenvalue weighted by Gasteiger charge is -2.08. The van der Waals surface area contributed by atoms with Crippen LogP contribution in [-0.4, -0.2) is 40.5 Å². The Morgan fingerprint density at radius 2 is 1.64 bits per heavy atom. The van der Waals surface area contributed by atoms with Gasteiger partial charge in [0.05, 0.1) is 18.3 Å². The second-order valence-electron chi connectivity index (χ2n) is 6.58. The topological polar surface area (TPSA) is 133 Å². The molecule has 0 aliphatic heterocycles. The van der Waals surface area contributed by atoms with E-state index in [-0.39, 0.29) is 18.9 Å². The van der Waals surface area contributed by atoms with Crippen molar-refractivity contribution in [1.29, 1.82) is 0 Å². The van der Waals surface area contributed by atoms with Crippen LogP contribution in [0.3, 0.4) is 0 Å². The fourth-order valence-corrected chi connectivity index (χ4v) is 2.90. The normalized spacial score (nSPS) is 20.4. The molecule has 0 radical (unpaired) electrons. The van der Waals surface area contributed by atoms with Gasteiger partial charge >= 0.3 is 11.9 Å². The summed E-state index contributed by atoms with van der Waals surface area (Å²) in [5, 5.41) is 22.8. The highest BCUT2D eigenvalue weighted by atomic mass is 16.4. The summed E-state index contributed by atoms with van der Waals surface area (Å²) in [4.78, 5) is 45.6. The first-order chi connectivity index (χ1) is 11.6. The Balaban J connectivity index is 1.92. The summed E-state index contributed by atoms with van der Waals surface area (Å²) >= 11 is 0. The minimum Gasteiger partial charge on any atom is -0.481 e. The molecule has 0 bridgehead atoms. The van der Waals surface area contributed by atoms with Gasteiger partial charge in [-0.25, -0.2) is 0 Å². The molecule has 2 rings (SSSR count). The van der Waals surface area contributed by atoms with E-state index in [0.29, 0.717) is 11.3 Å². The number of benzene rings is 1. The second-order valence-corrected chi connectivity index (χ2v) is 6.58. The molecule has 0 spiro atoms. The quantitative estimate of drug-likeness (QED) is 0.585. The maximum Gasteiger partial charge on any atom is 0.307 e. The average molecular weight is 348 g/mol. The predicted octanol–water partition coefficient (Wildman–Crippen LogP) is 1.19. The van der Waals surface area contributed by atoms with Crippen molar-refractivity contribution in [3.63, 3.8) is 0 Å². The standard InChI is InChI=1S/C17H20N2O6/c1-17(2)12(13(17)16(24)25)15(23)19-10-5-3-9(4-6-10)14(22)18-8-7-11(20)21/h3-6,12-13H,7-8H2,1-2H3,(H,18,22)(H,19,23)(H,20,21)(H,24,25)/t12-,13+/m0/s1. The summed E-state index contributed by atoms with van der Waals surface area (Å²) in [7, 11) is 0. The van der Waals surface area contributed by atoms with E-state index in [0.717, 1.165) is 0 Å². The first-order valence-corrected chi connectivity index (χ1v) is 7.78. The third kappa shape index (κ3) is 4.14. The number of amides is 2. The molecule has 0 saturated heterocycles. The molecule has 2 atom stereocenters. The van der Waals surface area contributed by atoms with E-state index in [1.165, 1.54) is 24.3 Å². The molecule has 1 fully saturated rings. The number of carboxylic acids is 2. The zero-order valence-corrected chi connectivity index (χ0v) is 13.9. The molecular formula is C17H20N2O6. The number of carbonyl (C=O) groups excluding carboxylic acids is 2. The lowest BCUT2D eigenvalue weighted by atomic mass is 10.1. The number of rotatable bonds is 7. The van der Waals surface area contributed by atoms with Crippen LogP contribution >= 0.6 is 0 Å². The molecular weight excluding hydrogens is 328 g/mol. The predicted molar refractivity (Wildman–Crippen MR) is 88.1 cm³/mol. The molecule has 4 N–H and O–H groups in total. The molecule has 0 unspecified atom stereocenters. The van der Waals surface area contributed by atoms with Crippen molar-refractivity contribution >= 4 is 29.4 Å². The first-order valence-electron chi connectivity index (χ1n) is 7.78. The van der Waals surface area contributed by atoms with E-state index in [4.69, 9.17) is 10.2 Å². The Bertz CT molecular complexity index is 710. The fraction of sp³-hybridized carbons (Fsp3) is 0.412. The van der Waals surface area contributed by atoms with Crippen LogP contribution in [0.1, 0.15) is 30.6 Å². The SMILES string of the molecule is CC1(C)[C@H](C(=O)Nc2ccc(C(=O)NCCC(=O)O)cc2)[C@@H]1C(=O)O. The van der Waals surface area contributed by atoms with Crippen LogP contribution in [0.4, 0.5) is 5.69 Å². The molecule has 0 heterocycles. The third-order valence-electron chi connectivity index (χ3n) is 4.41. The number of anilines is 1. The molecule has 8 nitrogen and oxygen atoms in total. The summed E-state index contributed by atoms with van der Waals surface area (Å²) in [6, 6.07) is 6.07. The van der Waals surface area contributed by atoms with E-state index in [1.54, 1.807) is 13.8 Å². The average Bonchev–Trinajstić information content (AvgIpc) is 3.10. The van der Waals surface area contributed by atoms with E-state index in [9.17, 15) is 19.2 Å². The van der Waals surface area contributed by atoms with Gasteiger partial charge in [0, 0.05) is 17.8 Å². The van der Waals surface area contributed by atoms with Crippen molar-refractivity contribution in [2.24, 2.45) is 17.3 Å². The minimum atomic E-state index is -0.999. The first kappa shape index (κ1) is 18.4. The summed E-state index contributed by atoms with van der Waals surface area (Å²) in [6.45, 7) is 3.50. The van der Waals surface area contributed by atoms with Gasteiger partial charge in [0.1, 0.15) is 0 Å². The monoisotopic (exact) mass is 348 g/mol. The van der Waals surface area contributed by atoms with Gasteiger partial charge in [-0.1, -0.05) is 13.8 Å². The van der Waals surface area contributed by atoms with E-state index < -0.39 is 35.1 Å². The Labute approximate surface area is 144 Å². The summed E-state index contributed by atoms with van der Waals surface area (Å²) < 4.78 is 0. The van der Waals surface area contributed by atoms with Gasteiger partial charge in [-0.15, -0.1) is 0 Å². The third-order valence-corrected chi connectivity index (χ3v) is 4.41. The molecule has 1 aliphatic carbocycles. The van der Waals surface area contributed by atoms with Crippen LogP contribution < -0.4 is 10.6 Å². The van der Waals surface area contributed by atoms with Crippen molar-refractivity contribution in [2.75, 3.05) is 11.9 Å². The maximum atomic E-state index is 12.2. The number of hydrogen-bond donors (Lipinski definition) is 4. The zero-order chi connectivity index (χ0) is 18.8. The van der Waals surface area contributed by atoms with Gasteiger partial charge in [0.2, 0.25) is 5.91 Å². The highest BCUT2D eigenvalue weighted by Gasteiger charge is 2.65. The van der Waals surface area contributed by atoms with Crippen molar-refractivity contribution < 1.29 is 29.4 Å². The second kappa shape index (κ2) is 6.92. The molecule has 134 valence electrons. The highest BCUT2D eigenvalue weighted by molar-refractivity contribution is 6.00. The van der Waals surface area contributed by atoms with Gasteiger partial charge in [0.25, 0.3) is 5.91 Å². The minimum absolute atomic E-state index is 0.0278. The van der Waals surface area contributed by atoms with Crippen molar-refractivity contribution in [3.05, 3.63) is 29.8 Å². The number of carboxylic acid groups (broad SMARTS) is 2. The lowest BCUT2D eigenvalue weighted by Crippen LogP contribution is -2.26. The van der Waals surface area contributed by atoms with Gasteiger partial charge in [-0.2, -0.15) is 0 Å². The lowest BCUT2D eigenvalue weighted by molar-refractivity contribution is -0.140. The Kier molecular flexibility index (Phi) is 5.10. The van der Waals surface area contributed by atoms with Crippen LogP contribution in [-0.2, 0) is 14.4 Å². The summed E-state index contributed by atoms with van der Waals surface area (Å²) in [5.41, 5.74) is 0.206. The van der Waals surface area contributed by atoms with Crippen LogP contribution in [0, 0.1) is 17.3 Å². The molecule has 1 saturated carbocycles. The number of hydrogen-bond acceptors (Lipinski definition) is 4. The van der Waals surface area contributed by atoms with E-state index in [1.807, 2.05) is 0 Å². The number of nitrogens with one attached hydrogen (secondary N) is 2. The van der Waals surface area contributed by atoms with Crippen LogP contribution in [0.2, 0.25) is 0 Å². The Morgan fingerprint density at radius 3 is 2.12 bits per heavy atom. The Hall–Kier alpha value is -2.90. The van der Waals surface area contributed by atoms with Gasteiger partial charge in [-0.05, 0) is 29.7 Å². The smallest absolute Gasteiger partial charge is 0.307 e. The highest BCUT2D eigenvalue weighted by Crippen LogP contribution is 2.58. The van der Waals surface area contributed by atoms with Crippen molar-refractivity contribution in [1.82, 2.24) is 5.32 Å². The molecule has 25 heavy (non-hydrogen) atoms. The van der Waals surface area contributed by atoms with Crippen molar-refractivity contribution in [2.45, 2.75) is 20.3 Å². The van der Waals surface area contributed by atoms with Crippen LogP contribution in [0.15, 0.2) is 24.3 Å². The maximum absolute atomic E-state index is 12.2. The number of carbonyl (C=O) groups is 4. The molecule has 8 heteroatoms. The number of aliphatic carboxylic acids is 2. The van der Waals surface area contributed by atoms with Crippen molar-refractivity contribution in [3.8, 4) is 0 Å². The molecule has 1 aliphatic rings. The molecule has 2 amide bonds. The Morgan fingerprint density at radius 1 is 1.04 bits per heavy atom. The van der Waals surface area contributed by atoms with Gasteiger partial charge in [-0.3, -0.25) is 19.2 Å². The largest absolute Gasteiger partial charge is 0.481 e. The molecule has 0 aromatic heterocycles. The summed E-state index contributed by atoms with van der Waals surface area (Å²) in [6.07, 6.45) is -0.165. The fourth-order valence-electron chi connectivity index (χ4n) is 2.90. The van der Waals surface area contributed by atoms with Gasteiger partial charge < -0.3 is 20.8 Å². The van der Waals surface area contributed by atoms with E-state index >= 15 is 0 Å². The summed E-state index contributed by atoms with van der Waals surface area (Å²) in [5.74, 6) is -4.06. The molecule has 1 aromatic carbocycles. The van der Waals surface area contributed by atoms with Crippen LogP contribution in [0.5, 0.6) is 0 Å². The van der Waals surface area contributed by atoms with Crippen LogP contribution in [0.25, 0.3) is 0 Å². The van der Waals surface area contributed by atoms with E-state index in [2.05, 4.69) is 10.6 Å².